The number of piperidine rings is 1. The first-order valence-corrected chi connectivity index (χ1v) is 9.08. The third-order valence-electron chi connectivity index (χ3n) is 5.32. The number of likely N-dealkylation sites (tertiary alicyclic amines) is 2. The van der Waals surface area contributed by atoms with E-state index in [2.05, 4.69) is 26.9 Å². The minimum absolute atomic E-state index is 0.211. The molecule has 0 saturated carbocycles. The van der Waals surface area contributed by atoms with E-state index in [1.54, 1.807) is 12.3 Å². The average molecular weight is 344 g/mol. The van der Waals surface area contributed by atoms with Gasteiger partial charge in [-0.15, -0.1) is 0 Å². The van der Waals surface area contributed by atoms with Crippen molar-refractivity contribution in [1.29, 1.82) is 0 Å². The van der Waals surface area contributed by atoms with Crippen molar-refractivity contribution < 1.29 is 13.7 Å². The lowest BCUT2D eigenvalue weighted by Gasteiger charge is -2.39. The minimum atomic E-state index is -0.211. The molecule has 1 spiro atoms. The highest BCUT2D eigenvalue weighted by Gasteiger charge is 2.48. The van der Waals surface area contributed by atoms with Gasteiger partial charge in [-0.25, -0.2) is 0 Å². The van der Waals surface area contributed by atoms with Gasteiger partial charge in [-0.3, -0.25) is 9.69 Å². The van der Waals surface area contributed by atoms with Gasteiger partial charge in [0.2, 0.25) is 17.6 Å². The minimum Gasteiger partial charge on any atom is -0.461 e. The fraction of sp³-hybridized carbons (Fsp3) is 0.611. The zero-order valence-electron chi connectivity index (χ0n) is 14.6. The van der Waals surface area contributed by atoms with Crippen LogP contribution < -0.4 is 0 Å². The number of carbonyl (C=O) groups excluding carboxylic acids is 1. The molecule has 0 aromatic carbocycles. The van der Waals surface area contributed by atoms with Crippen LogP contribution in [0.1, 0.15) is 38.5 Å². The topological polar surface area (TPSA) is 75.6 Å². The van der Waals surface area contributed by atoms with Crippen molar-refractivity contribution in [2.75, 3.05) is 26.2 Å². The first kappa shape index (κ1) is 16.3. The molecule has 1 amide bonds. The van der Waals surface area contributed by atoms with E-state index in [-0.39, 0.29) is 5.41 Å². The van der Waals surface area contributed by atoms with E-state index < -0.39 is 0 Å². The Bertz CT molecular complexity index is 725. The van der Waals surface area contributed by atoms with Gasteiger partial charge in [0.05, 0.1) is 18.2 Å². The number of carbonyl (C=O) groups is 1. The van der Waals surface area contributed by atoms with Crippen LogP contribution in [0.3, 0.4) is 0 Å². The quantitative estimate of drug-likeness (QED) is 0.830. The van der Waals surface area contributed by atoms with Crippen molar-refractivity contribution in [1.82, 2.24) is 19.9 Å². The van der Waals surface area contributed by atoms with Crippen LogP contribution in [-0.2, 0) is 11.3 Å². The van der Waals surface area contributed by atoms with Crippen molar-refractivity contribution in [3.63, 3.8) is 0 Å². The van der Waals surface area contributed by atoms with E-state index in [1.165, 1.54) is 0 Å². The van der Waals surface area contributed by atoms with Crippen LogP contribution in [0.5, 0.6) is 0 Å². The molecule has 0 aliphatic carbocycles. The molecule has 4 heterocycles. The number of hydrogen-bond donors (Lipinski definition) is 0. The molecule has 0 bridgehead atoms. The second-order valence-electron chi connectivity index (χ2n) is 7.13. The monoisotopic (exact) mass is 344 g/mol. The summed E-state index contributed by atoms with van der Waals surface area (Å²) >= 11 is 0. The summed E-state index contributed by atoms with van der Waals surface area (Å²) in [6.45, 7) is 6.16. The van der Waals surface area contributed by atoms with Crippen molar-refractivity contribution in [2.45, 2.75) is 39.2 Å². The van der Waals surface area contributed by atoms with Gasteiger partial charge in [0.15, 0.2) is 5.76 Å². The molecule has 1 atom stereocenters. The Morgan fingerprint density at radius 3 is 3.04 bits per heavy atom. The van der Waals surface area contributed by atoms with Gasteiger partial charge in [0.1, 0.15) is 0 Å². The highest BCUT2D eigenvalue weighted by molar-refractivity contribution is 5.84. The van der Waals surface area contributed by atoms with E-state index in [0.717, 1.165) is 51.9 Å². The number of rotatable bonds is 5. The molecule has 4 rings (SSSR count). The normalized spacial score (nSPS) is 24.5. The molecule has 7 nitrogen and oxygen atoms in total. The van der Waals surface area contributed by atoms with Crippen molar-refractivity contribution >= 4 is 5.91 Å². The summed E-state index contributed by atoms with van der Waals surface area (Å²) in [5.41, 5.74) is -0.211. The van der Waals surface area contributed by atoms with Crippen LogP contribution in [0.25, 0.3) is 11.6 Å². The molecule has 0 N–H and O–H groups in total. The maximum Gasteiger partial charge on any atom is 0.241 e. The third kappa shape index (κ3) is 3.08. The predicted octanol–water partition coefficient (Wildman–Crippen LogP) is 2.55. The molecule has 2 aliphatic rings. The first-order valence-electron chi connectivity index (χ1n) is 9.08. The van der Waals surface area contributed by atoms with Crippen LogP contribution in [0.15, 0.2) is 27.3 Å². The van der Waals surface area contributed by atoms with Crippen molar-refractivity contribution in [3.8, 4) is 11.6 Å². The second-order valence-corrected chi connectivity index (χ2v) is 7.13. The molecule has 25 heavy (non-hydrogen) atoms. The van der Waals surface area contributed by atoms with Gasteiger partial charge in [-0.05, 0) is 44.4 Å². The maximum atomic E-state index is 12.9. The summed E-state index contributed by atoms with van der Waals surface area (Å²) in [6.07, 6.45) is 5.62. The molecule has 0 unspecified atom stereocenters. The fourth-order valence-electron chi connectivity index (χ4n) is 4.12. The summed E-state index contributed by atoms with van der Waals surface area (Å²) in [5.74, 6) is 1.98. The molecular formula is C18H24N4O3. The Kier molecular flexibility index (Phi) is 4.33. The molecule has 7 heteroatoms. The molecule has 2 saturated heterocycles. The molecule has 2 aliphatic heterocycles. The third-order valence-corrected chi connectivity index (χ3v) is 5.32. The van der Waals surface area contributed by atoms with Crippen LogP contribution in [-0.4, -0.2) is 52.0 Å². The summed E-state index contributed by atoms with van der Waals surface area (Å²) in [7, 11) is 0. The summed E-state index contributed by atoms with van der Waals surface area (Å²) < 4.78 is 10.6. The molecule has 2 fully saturated rings. The molecule has 2 aromatic heterocycles. The van der Waals surface area contributed by atoms with E-state index in [4.69, 9.17) is 8.94 Å². The average Bonchev–Trinajstić information content (AvgIpc) is 3.34. The van der Waals surface area contributed by atoms with Gasteiger partial charge < -0.3 is 13.8 Å². The molecule has 2 aromatic rings. The largest absolute Gasteiger partial charge is 0.461 e. The van der Waals surface area contributed by atoms with Crippen molar-refractivity contribution in [2.24, 2.45) is 5.41 Å². The Morgan fingerprint density at radius 1 is 1.32 bits per heavy atom. The van der Waals surface area contributed by atoms with E-state index in [0.29, 0.717) is 29.9 Å². The van der Waals surface area contributed by atoms with Gasteiger partial charge in [0, 0.05) is 19.6 Å². The fourth-order valence-corrected chi connectivity index (χ4v) is 4.12. The van der Waals surface area contributed by atoms with E-state index in [9.17, 15) is 4.79 Å². The lowest BCUT2D eigenvalue weighted by Crippen LogP contribution is -2.50. The molecule has 0 radical (unpaired) electrons. The first-order chi connectivity index (χ1) is 12.2. The highest BCUT2D eigenvalue weighted by atomic mass is 16.5. The zero-order chi connectivity index (χ0) is 17.3. The molecular weight excluding hydrogens is 320 g/mol. The smallest absolute Gasteiger partial charge is 0.241 e. The predicted molar refractivity (Wildman–Crippen MR) is 90.4 cm³/mol. The number of aromatic nitrogens is 2. The summed E-state index contributed by atoms with van der Waals surface area (Å²) in [6, 6.07) is 3.61. The van der Waals surface area contributed by atoms with Crippen molar-refractivity contribution in [3.05, 3.63) is 24.3 Å². The van der Waals surface area contributed by atoms with E-state index >= 15 is 0 Å². The van der Waals surface area contributed by atoms with Crippen LogP contribution in [0.4, 0.5) is 0 Å². The maximum absolute atomic E-state index is 12.9. The molecule has 134 valence electrons. The number of amides is 1. The summed E-state index contributed by atoms with van der Waals surface area (Å²) in [5, 5.41) is 3.97. The van der Waals surface area contributed by atoms with Crippen LogP contribution in [0, 0.1) is 5.41 Å². The van der Waals surface area contributed by atoms with Crippen LogP contribution >= 0.6 is 0 Å². The Hall–Kier alpha value is -2.15. The van der Waals surface area contributed by atoms with Gasteiger partial charge >= 0.3 is 0 Å². The standard InChI is InChI=1S/C18H24N4O3/c1-2-8-22-9-4-6-18(17(22)23)7-10-21(13-18)12-15-19-16(20-25-15)14-5-3-11-24-14/h3,5,11H,2,4,6-10,12-13H2,1H3/t18-/m1/s1. The number of furan rings is 1. The number of nitrogens with zero attached hydrogens (tertiary/aromatic N) is 4. The second kappa shape index (κ2) is 6.63. The SMILES string of the molecule is CCCN1CCC[C@]2(CCN(Cc3nc(-c4ccco4)no3)C2)C1=O. The van der Waals surface area contributed by atoms with Gasteiger partial charge in [-0.2, -0.15) is 4.98 Å². The van der Waals surface area contributed by atoms with Crippen LogP contribution in [0.2, 0.25) is 0 Å². The number of hydrogen-bond acceptors (Lipinski definition) is 6. The van der Waals surface area contributed by atoms with E-state index in [1.807, 2.05) is 6.07 Å². The Labute approximate surface area is 147 Å². The Morgan fingerprint density at radius 2 is 2.24 bits per heavy atom. The van der Waals surface area contributed by atoms with Gasteiger partial charge in [-0.1, -0.05) is 12.1 Å². The zero-order valence-corrected chi connectivity index (χ0v) is 14.6. The lowest BCUT2D eigenvalue weighted by molar-refractivity contribution is -0.145. The highest BCUT2D eigenvalue weighted by Crippen LogP contribution is 2.40. The van der Waals surface area contributed by atoms with Gasteiger partial charge in [0.25, 0.3) is 0 Å². The Balaban J connectivity index is 1.42. The summed E-state index contributed by atoms with van der Waals surface area (Å²) in [4.78, 5) is 21.6. The lowest BCUT2D eigenvalue weighted by atomic mass is 9.78.